The lowest BCUT2D eigenvalue weighted by Gasteiger charge is -2.29. The lowest BCUT2D eigenvalue weighted by Crippen LogP contribution is -2.49. The van der Waals surface area contributed by atoms with Gasteiger partial charge >= 0.3 is 18.4 Å². The molecule has 0 unspecified atom stereocenters. The standard InChI is InChI=1S/C15H20FN3O5/c1-7(2)23-14(21)12(16)24-19-9-5-10(8-3-4-8)11(13(17)20)18(6-9)15(19)22/h5,7-9,11-12H,3-4,6H2,1-2H3,(H2,17,20)/t9-,11+,12+/m1/s1. The maximum absolute atomic E-state index is 13.9. The third-order valence-electron chi connectivity index (χ3n) is 4.19. The number of nitrogens with two attached hydrogens (primary N) is 1. The summed E-state index contributed by atoms with van der Waals surface area (Å²) in [5.74, 6) is -1.61. The van der Waals surface area contributed by atoms with Crippen molar-refractivity contribution in [3.63, 3.8) is 0 Å². The lowest BCUT2D eigenvalue weighted by molar-refractivity contribution is -0.225. The number of hydrogen-bond donors (Lipinski definition) is 1. The summed E-state index contributed by atoms with van der Waals surface area (Å²) in [6.07, 6.45) is 0.670. The van der Waals surface area contributed by atoms with Crippen LogP contribution in [0.2, 0.25) is 0 Å². The van der Waals surface area contributed by atoms with E-state index in [1.165, 1.54) is 4.90 Å². The van der Waals surface area contributed by atoms with Crippen molar-refractivity contribution in [1.82, 2.24) is 9.96 Å². The maximum Gasteiger partial charge on any atom is 0.371 e. The smallest absolute Gasteiger partial charge is 0.371 e. The number of urea groups is 1. The van der Waals surface area contributed by atoms with Gasteiger partial charge in [-0.3, -0.25) is 4.79 Å². The number of fused-ring (bicyclic) bond motifs is 2. The molecule has 2 N–H and O–H groups in total. The van der Waals surface area contributed by atoms with Crippen molar-refractivity contribution >= 4 is 17.9 Å². The Balaban J connectivity index is 1.76. The average molecular weight is 341 g/mol. The summed E-state index contributed by atoms with van der Waals surface area (Å²) in [5.41, 5.74) is 6.21. The van der Waals surface area contributed by atoms with Crippen LogP contribution in [0.5, 0.6) is 0 Å². The highest BCUT2D eigenvalue weighted by molar-refractivity contribution is 5.91. The molecule has 2 aliphatic heterocycles. The van der Waals surface area contributed by atoms with Gasteiger partial charge in [-0.15, -0.1) is 0 Å². The van der Waals surface area contributed by atoms with Crippen molar-refractivity contribution in [3.05, 3.63) is 11.6 Å². The van der Waals surface area contributed by atoms with Crippen LogP contribution in [0.1, 0.15) is 26.7 Å². The largest absolute Gasteiger partial charge is 0.459 e. The van der Waals surface area contributed by atoms with Gasteiger partial charge in [0.15, 0.2) is 0 Å². The molecular formula is C15H20FN3O5. The molecule has 0 spiro atoms. The predicted octanol–water partition coefficient (Wildman–Crippen LogP) is 0.475. The minimum absolute atomic E-state index is 0.161. The van der Waals surface area contributed by atoms with Crippen LogP contribution in [-0.4, -0.2) is 59.0 Å². The molecular weight excluding hydrogens is 321 g/mol. The van der Waals surface area contributed by atoms with E-state index >= 15 is 0 Å². The van der Waals surface area contributed by atoms with Gasteiger partial charge in [0, 0.05) is 0 Å². The molecule has 0 aromatic heterocycles. The number of hydrogen-bond acceptors (Lipinski definition) is 5. The van der Waals surface area contributed by atoms with Crippen LogP contribution in [-0.2, 0) is 19.2 Å². The number of amides is 3. The molecule has 1 aliphatic carbocycles. The molecule has 2 heterocycles. The maximum atomic E-state index is 13.9. The van der Waals surface area contributed by atoms with Gasteiger partial charge in [0.25, 0.3) is 0 Å². The third-order valence-corrected chi connectivity index (χ3v) is 4.19. The van der Waals surface area contributed by atoms with Gasteiger partial charge in [-0.05, 0) is 38.2 Å². The minimum atomic E-state index is -2.42. The Morgan fingerprint density at radius 3 is 2.58 bits per heavy atom. The van der Waals surface area contributed by atoms with Gasteiger partial charge in [-0.25, -0.2) is 18.8 Å². The molecule has 2 fully saturated rings. The minimum Gasteiger partial charge on any atom is -0.459 e. The van der Waals surface area contributed by atoms with Crippen LogP contribution in [0.3, 0.4) is 0 Å². The van der Waals surface area contributed by atoms with E-state index in [2.05, 4.69) is 0 Å². The van der Waals surface area contributed by atoms with Crippen LogP contribution >= 0.6 is 0 Å². The topological polar surface area (TPSA) is 102 Å². The quantitative estimate of drug-likeness (QED) is 0.559. The SMILES string of the molecule is CC(C)OC(=O)[C@@H](F)ON1C(=O)N2C[C@H]1C=C(C1CC1)[C@H]2C(N)=O. The highest BCUT2D eigenvalue weighted by Gasteiger charge is 2.51. The van der Waals surface area contributed by atoms with E-state index in [1.54, 1.807) is 19.9 Å². The van der Waals surface area contributed by atoms with E-state index in [0.717, 1.165) is 23.5 Å². The zero-order chi connectivity index (χ0) is 17.6. The molecule has 2 bridgehead atoms. The summed E-state index contributed by atoms with van der Waals surface area (Å²) in [6, 6.07) is -2.08. The van der Waals surface area contributed by atoms with Gasteiger partial charge in [0.1, 0.15) is 6.04 Å². The van der Waals surface area contributed by atoms with E-state index in [0.29, 0.717) is 0 Å². The molecule has 3 atom stereocenters. The fourth-order valence-corrected chi connectivity index (χ4v) is 3.10. The lowest BCUT2D eigenvalue weighted by atomic mass is 9.95. The zero-order valence-corrected chi connectivity index (χ0v) is 13.5. The highest BCUT2D eigenvalue weighted by Crippen LogP contribution is 2.43. The van der Waals surface area contributed by atoms with Gasteiger partial charge in [0.05, 0.1) is 18.7 Å². The molecule has 8 nitrogen and oxygen atoms in total. The normalized spacial score (nSPS) is 27.3. The molecule has 24 heavy (non-hydrogen) atoms. The molecule has 132 valence electrons. The number of halogens is 1. The van der Waals surface area contributed by atoms with Crippen molar-refractivity contribution in [2.24, 2.45) is 11.7 Å². The van der Waals surface area contributed by atoms with Gasteiger partial charge in [0.2, 0.25) is 5.91 Å². The Kier molecular flexibility index (Phi) is 4.20. The summed E-state index contributed by atoms with van der Waals surface area (Å²) < 4.78 is 18.7. The van der Waals surface area contributed by atoms with Crippen molar-refractivity contribution in [3.8, 4) is 0 Å². The Labute approximate surface area is 138 Å². The molecule has 1 saturated heterocycles. The number of carbonyl (C=O) groups excluding carboxylic acids is 3. The molecule has 3 aliphatic rings. The summed E-state index contributed by atoms with van der Waals surface area (Å²) >= 11 is 0. The number of primary amides is 1. The number of nitrogens with zero attached hydrogens (tertiary/aromatic N) is 2. The average Bonchev–Trinajstić information content (AvgIpc) is 3.31. The van der Waals surface area contributed by atoms with Gasteiger partial charge in [-0.2, -0.15) is 5.06 Å². The van der Waals surface area contributed by atoms with Crippen molar-refractivity contribution in [2.75, 3.05) is 6.54 Å². The van der Waals surface area contributed by atoms with Crippen LogP contribution in [0, 0.1) is 5.92 Å². The van der Waals surface area contributed by atoms with Gasteiger partial charge < -0.3 is 15.4 Å². The Morgan fingerprint density at radius 1 is 1.38 bits per heavy atom. The van der Waals surface area contributed by atoms with E-state index < -0.39 is 42.5 Å². The molecule has 0 aromatic rings. The number of hydroxylamine groups is 2. The molecule has 0 radical (unpaired) electrons. The van der Waals surface area contributed by atoms with Crippen LogP contribution in [0.15, 0.2) is 11.6 Å². The van der Waals surface area contributed by atoms with Crippen molar-refractivity contribution < 1.29 is 28.3 Å². The second-order valence-corrected chi connectivity index (χ2v) is 6.48. The van der Waals surface area contributed by atoms with E-state index in [1.807, 2.05) is 0 Å². The van der Waals surface area contributed by atoms with E-state index in [9.17, 15) is 18.8 Å². The van der Waals surface area contributed by atoms with E-state index in [-0.39, 0.29) is 12.5 Å². The van der Waals surface area contributed by atoms with E-state index in [4.69, 9.17) is 15.3 Å². The Hall–Kier alpha value is -2.16. The molecule has 3 amide bonds. The Bertz CT molecular complexity index is 604. The monoisotopic (exact) mass is 341 g/mol. The first-order valence-corrected chi connectivity index (χ1v) is 7.91. The first kappa shape index (κ1) is 16.7. The fraction of sp³-hybridized carbons (Fsp3) is 0.667. The molecule has 0 aromatic carbocycles. The summed E-state index contributed by atoms with van der Waals surface area (Å²) in [6.45, 7) is 3.31. The number of rotatable bonds is 6. The predicted molar refractivity (Wildman–Crippen MR) is 78.7 cm³/mol. The summed E-state index contributed by atoms with van der Waals surface area (Å²) in [5, 5.41) is 0.789. The second kappa shape index (κ2) is 6.04. The zero-order valence-electron chi connectivity index (χ0n) is 13.5. The highest BCUT2D eigenvalue weighted by atomic mass is 19.1. The number of ether oxygens (including phenoxy) is 1. The molecule has 9 heteroatoms. The van der Waals surface area contributed by atoms with Gasteiger partial charge in [-0.1, -0.05) is 6.08 Å². The number of alkyl halides is 1. The van der Waals surface area contributed by atoms with Crippen molar-refractivity contribution in [1.29, 1.82) is 0 Å². The van der Waals surface area contributed by atoms with Crippen molar-refractivity contribution in [2.45, 2.75) is 51.2 Å². The summed E-state index contributed by atoms with van der Waals surface area (Å²) in [7, 11) is 0. The Morgan fingerprint density at radius 2 is 2.04 bits per heavy atom. The second-order valence-electron chi connectivity index (χ2n) is 6.48. The van der Waals surface area contributed by atoms with Crippen LogP contribution in [0.4, 0.5) is 9.18 Å². The first-order chi connectivity index (χ1) is 11.3. The van der Waals surface area contributed by atoms with Crippen LogP contribution in [0.25, 0.3) is 0 Å². The molecule has 3 rings (SSSR count). The molecule has 1 saturated carbocycles. The first-order valence-electron chi connectivity index (χ1n) is 7.91. The van der Waals surface area contributed by atoms with Crippen LogP contribution < -0.4 is 5.73 Å². The number of esters is 1. The summed E-state index contributed by atoms with van der Waals surface area (Å²) in [4.78, 5) is 41.9. The third kappa shape index (κ3) is 2.95. The number of carbonyl (C=O) groups is 3. The fourth-order valence-electron chi connectivity index (χ4n) is 3.10.